The normalized spacial score (nSPS) is 15.0. The predicted molar refractivity (Wildman–Crippen MR) is 119 cm³/mol. The minimum absolute atomic E-state index is 0.0114. The third-order valence-electron chi connectivity index (χ3n) is 4.59. The van der Waals surface area contributed by atoms with Crippen molar-refractivity contribution in [1.29, 1.82) is 0 Å². The van der Waals surface area contributed by atoms with Crippen LogP contribution >= 0.6 is 34.8 Å². The number of anilines is 1. The second-order valence-corrected chi connectivity index (χ2v) is 7.86. The number of furan rings is 1. The standard InChI is InChI=1S/C22H13Cl3N2O4/c1-11-15(10-14-4-7-20(31-14)12-2-5-18(24)19(25)8-12)21(28)27(26-11)13-3-6-17(23)16(9-13)22(29)30/h2-10H,1H3,(H,29,30)/p-1. The van der Waals surface area contributed by atoms with Crippen molar-refractivity contribution in [2.24, 2.45) is 5.10 Å². The van der Waals surface area contributed by atoms with Crippen molar-refractivity contribution < 1.29 is 19.1 Å². The van der Waals surface area contributed by atoms with Gasteiger partial charge in [-0.25, -0.2) is 0 Å². The molecular formula is C22H12Cl3N2O4-. The molecule has 3 aromatic rings. The zero-order valence-electron chi connectivity index (χ0n) is 15.9. The minimum Gasteiger partial charge on any atom is -0.545 e. The number of hydrogen-bond acceptors (Lipinski definition) is 5. The van der Waals surface area contributed by atoms with Gasteiger partial charge in [0.1, 0.15) is 11.5 Å². The Labute approximate surface area is 191 Å². The summed E-state index contributed by atoms with van der Waals surface area (Å²) < 4.78 is 5.82. The fourth-order valence-corrected chi connectivity index (χ4v) is 3.53. The lowest BCUT2D eigenvalue weighted by molar-refractivity contribution is -0.255. The number of amides is 1. The number of halogens is 3. The monoisotopic (exact) mass is 473 g/mol. The maximum Gasteiger partial charge on any atom is 0.280 e. The van der Waals surface area contributed by atoms with E-state index in [1.807, 2.05) is 0 Å². The zero-order chi connectivity index (χ0) is 22.3. The second kappa shape index (κ2) is 8.23. The molecule has 1 aliphatic rings. The summed E-state index contributed by atoms with van der Waals surface area (Å²) in [5.41, 5.74) is 1.52. The average molecular weight is 475 g/mol. The fraction of sp³-hybridized carbons (Fsp3) is 0.0455. The highest BCUT2D eigenvalue weighted by Gasteiger charge is 2.29. The number of carbonyl (C=O) groups is 2. The van der Waals surface area contributed by atoms with E-state index >= 15 is 0 Å². The number of aromatic carboxylic acids is 1. The molecule has 0 spiro atoms. The van der Waals surface area contributed by atoms with Crippen LogP contribution in [-0.2, 0) is 4.79 Å². The molecule has 31 heavy (non-hydrogen) atoms. The Hall–Kier alpha value is -3.06. The van der Waals surface area contributed by atoms with Gasteiger partial charge in [0.25, 0.3) is 5.91 Å². The van der Waals surface area contributed by atoms with Crippen LogP contribution in [0.3, 0.4) is 0 Å². The lowest BCUT2D eigenvalue weighted by Gasteiger charge is -2.14. The Morgan fingerprint density at radius 1 is 1.03 bits per heavy atom. The molecule has 2 heterocycles. The number of hydrazone groups is 1. The lowest BCUT2D eigenvalue weighted by Crippen LogP contribution is -2.25. The van der Waals surface area contributed by atoms with E-state index in [0.717, 1.165) is 10.6 Å². The summed E-state index contributed by atoms with van der Waals surface area (Å²) in [7, 11) is 0. The van der Waals surface area contributed by atoms with Crippen LogP contribution in [0.4, 0.5) is 5.69 Å². The molecule has 0 saturated heterocycles. The molecule has 1 amide bonds. The molecule has 6 nitrogen and oxygen atoms in total. The maximum absolute atomic E-state index is 12.9. The van der Waals surface area contributed by atoms with Gasteiger partial charge >= 0.3 is 0 Å². The number of carboxylic acids is 1. The summed E-state index contributed by atoms with van der Waals surface area (Å²) in [5.74, 6) is -0.886. The third kappa shape index (κ3) is 4.10. The van der Waals surface area contributed by atoms with Gasteiger partial charge in [-0.1, -0.05) is 34.8 Å². The summed E-state index contributed by atoms with van der Waals surface area (Å²) in [6, 6.07) is 12.7. The van der Waals surface area contributed by atoms with Crippen LogP contribution in [0, 0.1) is 0 Å². The second-order valence-electron chi connectivity index (χ2n) is 6.64. The number of carbonyl (C=O) groups excluding carboxylic acids is 2. The summed E-state index contributed by atoms with van der Waals surface area (Å²) in [4.78, 5) is 24.1. The lowest BCUT2D eigenvalue weighted by atomic mass is 10.1. The van der Waals surface area contributed by atoms with E-state index in [1.165, 1.54) is 18.2 Å². The Bertz CT molecular complexity index is 1290. The van der Waals surface area contributed by atoms with E-state index < -0.39 is 11.9 Å². The van der Waals surface area contributed by atoms with Gasteiger partial charge in [-0.05, 0) is 61.5 Å². The van der Waals surface area contributed by atoms with Crippen LogP contribution in [0.1, 0.15) is 23.0 Å². The van der Waals surface area contributed by atoms with Crippen molar-refractivity contribution in [2.75, 3.05) is 5.01 Å². The molecular weight excluding hydrogens is 463 g/mol. The van der Waals surface area contributed by atoms with Gasteiger partial charge in [0.15, 0.2) is 0 Å². The first-order valence-electron chi connectivity index (χ1n) is 8.92. The van der Waals surface area contributed by atoms with Crippen LogP contribution in [0.15, 0.2) is 63.6 Å². The van der Waals surface area contributed by atoms with E-state index in [2.05, 4.69) is 5.10 Å². The van der Waals surface area contributed by atoms with Gasteiger partial charge in [-0.2, -0.15) is 10.1 Å². The fourth-order valence-electron chi connectivity index (χ4n) is 3.04. The van der Waals surface area contributed by atoms with E-state index in [0.29, 0.717) is 32.9 Å². The molecule has 1 aliphatic heterocycles. The van der Waals surface area contributed by atoms with Crippen molar-refractivity contribution in [1.82, 2.24) is 0 Å². The number of nitrogens with zero attached hydrogens (tertiary/aromatic N) is 2. The summed E-state index contributed by atoms with van der Waals surface area (Å²) in [5, 5.41) is 17.4. The van der Waals surface area contributed by atoms with Crippen molar-refractivity contribution >= 4 is 64.2 Å². The summed E-state index contributed by atoms with van der Waals surface area (Å²) >= 11 is 17.9. The molecule has 0 atom stereocenters. The molecule has 0 fully saturated rings. The topological polar surface area (TPSA) is 85.9 Å². The Morgan fingerprint density at radius 2 is 1.77 bits per heavy atom. The SMILES string of the molecule is CC1=NN(c2ccc(Cl)c(C(=O)[O-])c2)C(=O)C1=Cc1ccc(-c2ccc(Cl)c(Cl)c2)o1. The van der Waals surface area contributed by atoms with Crippen molar-refractivity contribution in [3.05, 3.63) is 80.5 Å². The van der Waals surface area contributed by atoms with E-state index in [-0.39, 0.29) is 16.3 Å². The van der Waals surface area contributed by atoms with Gasteiger partial charge < -0.3 is 14.3 Å². The Morgan fingerprint density at radius 3 is 2.48 bits per heavy atom. The van der Waals surface area contributed by atoms with Crippen molar-refractivity contribution in [3.8, 4) is 11.3 Å². The van der Waals surface area contributed by atoms with Gasteiger partial charge in [0, 0.05) is 16.1 Å². The number of hydrogen-bond donors (Lipinski definition) is 0. The molecule has 0 aliphatic carbocycles. The van der Waals surface area contributed by atoms with Crippen LogP contribution in [0.5, 0.6) is 0 Å². The van der Waals surface area contributed by atoms with Gasteiger partial charge in [-0.3, -0.25) is 4.79 Å². The highest BCUT2D eigenvalue weighted by molar-refractivity contribution is 6.42. The highest BCUT2D eigenvalue weighted by atomic mass is 35.5. The molecule has 4 rings (SSSR count). The van der Waals surface area contributed by atoms with Crippen LogP contribution in [0.2, 0.25) is 15.1 Å². The molecule has 1 aromatic heterocycles. The van der Waals surface area contributed by atoms with Crippen LogP contribution < -0.4 is 10.1 Å². The molecule has 0 bridgehead atoms. The summed E-state index contributed by atoms with van der Waals surface area (Å²) in [6.07, 6.45) is 1.57. The molecule has 2 aromatic carbocycles. The van der Waals surface area contributed by atoms with Gasteiger partial charge in [0.05, 0.1) is 33.0 Å². The first kappa shape index (κ1) is 21.2. The molecule has 0 unspecified atom stereocenters. The van der Waals surface area contributed by atoms with Gasteiger partial charge in [0.2, 0.25) is 0 Å². The smallest absolute Gasteiger partial charge is 0.280 e. The van der Waals surface area contributed by atoms with Crippen LogP contribution in [0.25, 0.3) is 17.4 Å². The van der Waals surface area contributed by atoms with E-state index in [1.54, 1.807) is 43.3 Å². The molecule has 0 N–H and O–H groups in total. The summed E-state index contributed by atoms with van der Waals surface area (Å²) in [6.45, 7) is 1.67. The molecule has 9 heteroatoms. The molecule has 156 valence electrons. The van der Waals surface area contributed by atoms with Gasteiger partial charge in [-0.15, -0.1) is 0 Å². The molecule has 0 saturated carbocycles. The number of benzene rings is 2. The van der Waals surface area contributed by atoms with Crippen LogP contribution in [-0.4, -0.2) is 17.6 Å². The predicted octanol–water partition coefficient (Wildman–Crippen LogP) is 5.08. The largest absolute Gasteiger partial charge is 0.545 e. The van der Waals surface area contributed by atoms with Crippen molar-refractivity contribution in [2.45, 2.75) is 6.92 Å². The first-order chi connectivity index (χ1) is 14.7. The quantitative estimate of drug-likeness (QED) is 0.494. The highest BCUT2D eigenvalue weighted by Crippen LogP contribution is 2.32. The number of rotatable bonds is 4. The first-order valence-corrected chi connectivity index (χ1v) is 10.1. The maximum atomic E-state index is 12.9. The van der Waals surface area contributed by atoms with E-state index in [4.69, 9.17) is 39.2 Å². The Balaban J connectivity index is 1.63. The Kier molecular flexibility index (Phi) is 5.62. The minimum atomic E-state index is -1.44. The molecule has 0 radical (unpaired) electrons. The third-order valence-corrected chi connectivity index (χ3v) is 5.66. The number of carboxylic acid groups (broad SMARTS) is 1. The van der Waals surface area contributed by atoms with Crippen molar-refractivity contribution in [3.63, 3.8) is 0 Å². The van der Waals surface area contributed by atoms with E-state index in [9.17, 15) is 14.7 Å². The zero-order valence-corrected chi connectivity index (χ0v) is 18.1. The average Bonchev–Trinajstić information content (AvgIpc) is 3.30.